The van der Waals surface area contributed by atoms with Crippen LogP contribution in [0.3, 0.4) is 0 Å². The van der Waals surface area contributed by atoms with Crippen LogP contribution in [0.2, 0.25) is 10.0 Å². The first kappa shape index (κ1) is 14.3. The minimum atomic E-state index is -0.327. The Kier molecular flexibility index (Phi) is 4.75. The SMILES string of the molecule is CNC(Cc1ccc(Cl)cc1Cl)c1ncccc1F. The molecule has 19 heavy (non-hydrogen) atoms. The number of benzene rings is 1. The second-order valence-electron chi connectivity index (χ2n) is 4.15. The summed E-state index contributed by atoms with van der Waals surface area (Å²) in [7, 11) is 1.77. The summed E-state index contributed by atoms with van der Waals surface area (Å²) in [6.07, 6.45) is 2.12. The van der Waals surface area contributed by atoms with Crippen LogP contribution in [0, 0.1) is 5.82 Å². The first-order valence-electron chi connectivity index (χ1n) is 5.83. The molecule has 0 aliphatic carbocycles. The minimum absolute atomic E-state index is 0.236. The summed E-state index contributed by atoms with van der Waals surface area (Å²) in [5.74, 6) is -0.327. The Morgan fingerprint density at radius 2 is 2.11 bits per heavy atom. The smallest absolute Gasteiger partial charge is 0.146 e. The normalized spacial score (nSPS) is 12.4. The van der Waals surface area contributed by atoms with Gasteiger partial charge in [-0.2, -0.15) is 0 Å². The van der Waals surface area contributed by atoms with Crippen LogP contribution >= 0.6 is 23.2 Å². The van der Waals surface area contributed by atoms with Crippen molar-refractivity contribution in [2.24, 2.45) is 0 Å². The van der Waals surface area contributed by atoms with E-state index in [1.54, 1.807) is 31.4 Å². The topological polar surface area (TPSA) is 24.9 Å². The number of aromatic nitrogens is 1. The number of halogens is 3. The van der Waals surface area contributed by atoms with Crippen molar-refractivity contribution in [3.05, 3.63) is 63.6 Å². The fourth-order valence-corrected chi connectivity index (χ4v) is 2.38. The molecule has 5 heteroatoms. The van der Waals surface area contributed by atoms with Crippen LogP contribution in [0.5, 0.6) is 0 Å². The maximum atomic E-state index is 13.7. The molecule has 0 aliphatic heterocycles. The molecule has 0 saturated heterocycles. The fraction of sp³-hybridized carbons (Fsp3) is 0.214. The summed E-state index contributed by atoms with van der Waals surface area (Å²) in [5.41, 5.74) is 1.28. The minimum Gasteiger partial charge on any atom is -0.311 e. The van der Waals surface area contributed by atoms with E-state index in [-0.39, 0.29) is 11.9 Å². The first-order valence-corrected chi connectivity index (χ1v) is 6.59. The van der Waals surface area contributed by atoms with Gasteiger partial charge in [0, 0.05) is 16.2 Å². The van der Waals surface area contributed by atoms with Crippen molar-refractivity contribution >= 4 is 23.2 Å². The van der Waals surface area contributed by atoms with Gasteiger partial charge < -0.3 is 5.32 Å². The van der Waals surface area contributed by atoms with Gasteiger partial charge >= 0.3 is 0 Å². The van der Waals surface area contributed by atoms with E-state index in [4.69, 9.17) is 23.2 Å². The Bertz CT molecular complexity index is 575. The summed E-state index contributed by atoms with van der Waals surface area (Å²) in [4.78, 5) is 4.09. The Balaban J connectivity index is 2.27. The number of hydrogen-bond acceptors (Lipinski definition) is 2. The molecule has 0 aliphatic rings. The van der Waals surface area contributed by atoms with Gasteiger partial charge in [-0.25, -0.2) is 4.39 Å². The zero-order valence-corrected chi connectivity index (χ0v) is 11.8. The van der Waals surface area contributed by atoms with Crippen molar-refractivity contribution in [1.29, 1.82) is 0 Å². The molecule has 0 radical (unpaired) electrons. The van der Waals surface area contributed by atoms with Gasteiger partial charge in [0.25, 0.3) is 0 Å². The first-order chi connectivity index (χ1) is 9.11. The average molecular weight is 299 g/mol. The van der Waals surface area contributed by atoms with Crippen molar-refractivity contribution in [1.82, 2.24) is 10.3 Å². The van der Waals surface area contributed by atoms with E-state index in [9.17, 15) is 4.39 Å². The molecule has 1 N–H and O–H groups in total. The monoisotopic (exact) mass is 298 g/mol. The molecule has 1 atom stereocenters. The van der Waals surface area contributed by atoms with Gasteiger partial charge in [-0.05, 0) is 43.3 Å². The lowest BCUT2D eigenvalue weighted by Gasteiger charge is -2.17. The van der Waals surface area contributed by atoms with Gasteiger partial charge in [-0.1, -0.05) is 29.3 Å². The zero-order chi connectivity index (χ0) is 13.8. The maximum absolute atomic E-state index is 13.7. The second kappa shape index (κ2) is 6.33. The summed E-state index contributed by atoms with van der Waals surface area (Å²) >= 11 is 12.0. The Labute approximate surface area is 121 Å². The number of likely N-dealkylation sites (N-methyl/N-ethyl adjacent to an activating group) is 1. The highest BCUT2D eigenvalue weighted by Gasteiger charge is 2.17. The largest absolute Gasteiger partial charge is 0.311 e. The van der Waals surface area contributed by atoms with Crippen LogP contribution in [0.1, 0.15) is 17.3 Å². The number of pyridine rings is 1. The molecule has 0 fully saturated rings. The number of rotatable bonds is 4. The van der Waals surface area contributed by atoms with E-state index >= 15 is 0 Å². The van der Waals surface area contributed by atoms with Crippen LogP contribution in [0.25, 0.3) is 0 Å². The van der Waals surface area contributed by atoms with Crippen LogP contribution < -0.4 is 5.32 Å². The third kappa shape index (κ3) is 3.44. The molecule has 1 aromatic heterocycles. The molecule has 100 valence electrons. The van der Waals surface area contributed by atoms with Gasteiger partial charge in [0.05, 0.1) is 11.7 Å². The lowest BCUT2D eigenvalue weighted by atomic mass is 10.0. The van der Waals surface area contributed by atoms with Crippen molar-refractivity contribution < 1.29 is 4.39 Å². The molecular formula is C14H13Cl2FN2. The molecule has 1 unspecified atom stereocenters. The van der Waals surface area contributed by atoms with Crippen molar-refractivity contribution in [2.75, 3.05) is 7.05 Å². The lowest BCUT2D eigenvalue weighted by molar-refractivity contribution is 0.517. The van der Waals surface area contributed by atoms with E-state index in [1.807, 2.05) is 6.07 Å². The summed E-state index contributed by atoms with van der Waals surface area (Å²) in [5, 5.41) is 4.21. The van der Waals surface area contributed by atoms with Crippen molar-refractivity contribution in [3.63, 3.8) is 0 Å². The Morgan fingerprint density at radius 3 is 2.74 bits per heavy atom. The highest BCUT2D eigenvalue weighted by molar-refractivity contribution is 6.35. The summed E-state index contributed by atoms with van der Waals surface area (Å²) in [6.45, 7) is 0. The van der Waals surface area contributed by atoms with Crippen molar-refractivity contribution in [2.45, 2.75) is 12.5 Å². The molecule has 0 bridgehead atoms. The summed E-state index contributed by atoms with van der Waals surface area (Å²) in [6, 6.07) is 8.02. The van der Waals surface area contributed by atoms with E-state index in [2.05, 4.69) is 10.3 Å². The lowest BCUT2D eigenvalue weighted by Crippen LogP contribution is -2.21. The van der Waals surface area contributed by atoms with E-state index in [0.717, 1.165) is 5.56 Å². The highest BCUT2D eigenvalue weighted by atomic mass is 35.5. The molecule has 2 rings (SSSR count). The highest BCUT2D eigenvalue weighted by Crippen LogP contribution is 2.26. The molecule has 2 aromatic rings. The predicted octanol–water partition coefficient (Wildman–Crippen LogP) is 4.03. The molecule has 1 aromatic carbocycles. The van der Waals surface area contributed by atoms with Crippen molar-refractivity contribution in [3.8, 4) is 0 Å². The van der Waals surface area contributed by atoms with E-state index < -0.39 is 0 Å². The number of nitrogens with zero attached hydrogens (tertiary/aromatic N) is 1. The molecule has 0 spiro atoms. The van der Waals surface area contributed by atoms with Gasteiger partial charge in [-0.15, -0.1) is 0 Å². The van der Waals surface area contributed by atoms with Gasteiger partial charge in [0.1, 0.15) is 5.82 Å². The van der Waals surface area contributed by atoms with Gasteiger partial charge in [0.15, 0.2) is 0 Å². The summed E-state index contributed by atoms with van der Waals surface area (Å²) < 4.78 is 13.7. The maximum Gasteiger partial charge on any atom is 0.146 e. The molecule has 1 heterocycles. The van der Waals surface area contributed by atoms with E-state index in [1.165, 1.54) is 6.07 Å². The molecule has 0 amide bonds. The fourth-order valence-electron chi connectivity index (χ4n) is 1.90. The van der Waals surface area contributed by atoms with Gasteiger partial charge in [-0.3, -0.25) is 4.98 Å². The molecule has 0 saturated carbocycles. The van der Waals surface area contributed by atoms with Crippen LogP contribution in [-0.4, -0.2) is 12.0 Å². The third-order valence-corrected chi connectivity index (χ3v) is 3.49. The number of nitrogens with one attached hydrogen (secondary N) is 1. The molecular weight excluding hydrogens is 286 g/mol. The van der Waals surface area contributed by atoms with Crippen LogP contribution in [0.4, 0.5) is 4.39 Å². The predicted molar refractivity (Wildman–Crippen MR) is 76.2 cm³/mol. The zero-order valence-electron chi connectivity index (χ0n) is 10.3. The Hall–Kier alpha value is -1.16. The van der Waals surface area contributed by atoms with Crippen LogP contribution in [-0.2, 0) is 6.42 Å². The van der Waals surface area contributed by atoms with Gasteiger partial charge in [0.2, 0.25) is 0 Å². The Morgan fingerprint density at radius 1 is 1.32 bits per heavy atom. The third-order valence-electron chi connectivity index (χ3n) is 2.90. The average Bonchev–Trinajstić information content (AvgIpc) is 2.39. The van der Waals surface area contributed by atoms with Crippen LogP contribution in [0.15, 0.2) is 36.5 Å². The molecule has 2 nitrogen and oxygen atoms in total. The second-order valence-corrected chi connectivity index (χ2v) is 5.00. The quantitative estimate of drug-likeness (QED) is 0.922. The number of hydrogen-bond donors (Lipinski definition) is 1. The standard InChI is InChI=1S/C14H13Cl2FN2/c1-18-13(14-12(17)3-2-6-19-14)7-9-4-5-10(15)8-11(9)16/h2-6,8,13,18H,7H2,1H3. The van der Waals surface area contributed by atoms with E-state index in [0.29, 0.717) is 22.2 Å².